The number of rotatable bonds is 2. The van der Waals surface area contributed by atoms with Gasteiger partial charge in [0.15, 0.2) is 0 Å². The molecule has 1 aromatic carbocycles. The number of hydrogen-bond acceptors (Lipinski definition) is 5. The number of thiazole rings is 1. The van der Waals surface area contributed by atoms with E-state index >= 15 is 0 Å². The number of nitrogens with zero attached hydrogens (tertiary/aromatic N) is 3. The molecule has 136 valence electrons. The Hall–Kier alpha value is -2.39. The van der Waals surface area contributed by atoms with E-state index in [1.807, 2.05) is 56.5 Å². The van der Waals surface area contributed by atoms with Crippen LogP contribution in [0.4, 0.5) is 4.79 Å². The number of ether oxygens (including phenoxy) is 1. The van der Waals surface area contributed by atoms with Crippen molar-refractivity contribution in [1.29, 1.82) is 5.26 Å². The van der Waals surface area contributed by atoms with Crippen LogP contribution in [0.15, 0.2) is 35.7 Å². The molecule has 0 radical (unpaired) electrons. The normalized spacial score (nSPS) is 16.8. The van der Waals surface area contributed by atoms with Gasteiger partial charge in [-0.1, -0.05) is 30.3 Å². The number of carbonyl (C=O) groups is 1. The Morgan fingerprint density at radius 2 is 1.92 bits per heavy atom. The quantitative estimate of drug-likeness (QED) is 0.776. The second-order valence-electron chi connectivity index (χ2n) is 7.57. The maximum Gasteiger partial charge on any atom is 0.410 e. The molecule has 26 heavy (non-hydrogen) atoms. The van der Waals surface area contributed by atoms with E-state index in [9.17, 15) is 10.1 Å². The summed E-state index contributed by atoms with van der Waals surface area (Å²) in [5.41, 5.74) is 0.806. The van der Waals surface area contributed by atoms with Gasteiger partial charge in [-0.3, -0.25) is 0 Å². The Bertz CT molecular complexity index is 810. The van der Waals surface area contributed by atoms with E-state index in [0.717, 1.165) is 16.3 Å². The standard InChI is InChI=1S/C20H23N3O2S/c1-19(2,3)25-18(24)23-11-9-20(14-21,10-12-23)17-22-16(13-26-17)15-7-5-4-6-8-15/h4-8,13H,9-12H2,1-3H3. The van der Waals surface area contributed by atoms with Gasteiger partial charge in [0.1, 0.15) is 16.0 Å². The summed E-state index contributed by atoms with van der Waals surface area (Å²) >= 11 is 1.53. The molecule has 0 aliphatic carbocycles. The third-order valence-corrected chi connectivity index (χ3v) is 5.51. The first-order valence-electron chi connectivity index (χ1n) is 8.74. The van der Waals surface area contributed by atoms with Crippen LogP contribution in [0, 0.1) is 11.3 Å². The summed E-state index contributed by atoms with van der Waals surface area (Å²) in [5, 5.41) is 12.7. The van der Waals surface area contributed by atoms with Crippen LogP contribution in [0.1, 0.15) is 38.6 Å². The summed E-state index contributed by atoms with van der Waals surface area (Å²) in [6.07, 6.45) is 0.836. The molecule has 1 aromatic heterocycles. The average molecular weight is 369 g/mol. The molecule has 3 rings (SSSR count). The van der Waals surface area contributed by atoms with Gasteiger partial charge in [0, 0.05) is 24.0 Å². The van der Waals surface area contributed by atoms with Crippen molar-refractivity contribution in [3.63, 3.8) is 0 Å². The maximum atomic E-state index is 12.2. The second kappa shape index (κ2) is 7.08. The number of amides is 1. The van der Waals surface area contributed by atoms with Crippen molar-refractivity contribution in [3.8, 4) is 17.3 Å². The third kappa shape index (κ3) is 3.88. The van der Waals surface area contributed by atoms with Gasteiger partial charge in [-0.15, -0.1) is 11.3 Å². The Morgan fingerprint density at radius 1 is 1.27 bits per heavy atom. The molecule has 1 aliphatic heterocycles. The predicted molar refractivity (Wildman–Crippen MR) is 102 cm³/mol. The Balaban J connectivity index is 1.73. The molecule has 0 spiro atoms. The van der Waals surface area contributed by atoms with Crippen LogP contribution in [0.5, 0.6) is 0 Å². The van der Waals surface area contributed by atoms with E-state index in [4.69, 9.17) is 9.72 Å². The lowest BCUT2D eigenvalue weighted by atomic mass is 9.80. The van der Waals surface area contributed by atoms with Crippen LogP contribution in [0.2, 0.25) is 0 Å². The smallest absolute Gasteiger partial charge is 0.410 e. The summed E-state index contributed by atoms with van der Waals surface area (Å²) in [6, 6.07) is 12.4. The molecular formula is C20H23N3O2S. The van der Waals surface area contributed by atoms with Crippen molar-refractivity contribution in [1.82, 2.24) is 9.88 Å². The van der Waals surface area contributed by atoms with Crippen LogP contribution >= 0.6 is 11.3 Å². The second-order valence-corrected chi connectivity index (χ2v) is 8.42. The van der Waals surface area contributed by atoms with Gasteiger partial charge in [0.2, 0.25) is 0 Å². The van der Waals surface area contributed by atoms with E-state index in [2.05, 4.69) is 6.07 Å². The minimum atomic E-state index is -0.629. The first kappa shape index (κ1) is 18.4. The Labute approximate surface area is 158 Å². The first-order valence-corrected chi connectivity index (χ1v) is 9.62. The van der Waals surface area contributed by atoms with Crippen molar-refractivity contribution < 1.29 is 9.53 Å². The molecule has 1 saturated heterocycles. The molecule has 1 aliphatic rings. The minimum absolute atomic E-state index is 0.312. The van der Waals surface area contributed by atoms with Crippen LogP contribution < -0.4 is 0 Å². The lowest BCUT2D eigenvalue weighted by Gasteiger charge is -2.36. The van der Waals surface area contributed by atoms with E-state index in [-0.39, 0.29) is 6.09 Å². The highest BCUT2D eigenvalue weighted by Crippen LogP contribution is 2.38. The number of nitriles is 1. The zero-order valence-corrected chi connectivity index (χ0v) is 16.2. The van der Waals surface area contributed by atoms with Crippen molar-refractivity contribution in [2.75, 3.05) is 13.1 Å². The van der Waals surface area contributed by atoms with Crippen LogP contribution in [0.25, 0.3) is 11.3 Å². The van der Waals surface area contributed by atoms with E-state index in [1.165, 1.54) is 11.3 Å². The van der Waals surface area contributed by atoms with Gasteiger partial charge in [-0.05, 0) is 33.6 Å². The SMILES string of the molecule is CC(C)(C)OC(=O)N1CCC(C#N)(c2nc(-c3ccccc3)cs2)CC1. The van der Waals surface area contributed by atoms with E-state index in [0.29, 0.717) is 25.9 Å². The highest BCUT2D eigenvalue weighted by molar-refractivity contribution is 7.10. The van der Waals surface area contributed by atoms with Gasteiger partial charge in [-0.25, -0.2) is 9.78 Å². The number of piperidine rings is 1. The number of benzene rings is 1. The van der Waals surface area contributed by atoms with Gasteiger partial charge in [0.25, 0.3) is 0 Å². The molecular weight excluding hydrogens is 346 g/mol. The average Bonchev–Trinajstić information content (AvgIpc) is 3.12. The molecule has 5 nitrogen and oxygen atoms in total. The van der Waals surface area contributed by atoms with Gasteiger partial charge < -0.3 is 9.64 Å². The highest BCUT2D eigenvalue weighted by atomic mass is 32.1. The van der Waals surface area contributed by atoms with Crippen LogP contribution in [-0.4, -0.2) is 34.7 Å². The fourth-order valence-corrected chi connectivity index (χ4v) is 4.04. The summed E-state index contributed by atoms with van der Waals surface area (Å²) < 4.78 is 5.44. The fourth-order valence-electron chi connectivity index (χ4n) is 3.01. The Morgan fingerprint density at radius 3 is 2.50 bits per heavy atom. The number of hydrogen-bond donors (Lipinski definition) is 0. The van der Waals surface area contributed by atoms with Crippen LogP contribution in [-0.2, 0) is 10.2 Å². The molecule has 0 unspecified atom stereocenters. The lowest BCUT2D eigenvalue weighted by Crippen LogP contribution is -2.46. The zero-order valence-electron chi connectivity index (χ0n) is 15.4. The van der Waals surface area contributed by atoms with Crippen molar-refractivity contribution in [3.05, 3.63) is 40.7 Å². The molecule has 2 aromatic rings. The van der Waals surface area contributed by atoms with Gasteiger partial charge in [-0.2, -0.15) is 5.26 Å². The van der Waals surface area contributed by atoms with Gasteiger partial charge in [0.05, 0.1) is 11.8 Å². The maximum absolute atomic E-state index is 12.2. The monoisotopic (exact) mass is 369 g/mol. The number of carbonyl (C=O) groups excluding carboxylic acids is 1. The van der Waals surface area contributed by atoms with Crippen molar-refractivity contribution in [2.45, 2.75) is 44.6 Å². The molecule has 6 heteroatoms. The summed E-state index contributed by atoms with van der Waals surface area (Å²) in [4.78, 5) is 18.7. The van der Waals surface area contributed by atoms with Crippen LogP contribution in [0.3, 0.4) is 0 Å². The molecule has 0 bridgehead atoms. The number of aromatic nitrogens is 1. The molecule has 1 amide bonds. The minimum Gasteiger partial charge on any atom is -0.444 e. The molecule has 1 fully saturated rings. The molecule has 0 saturated carbocycles. The topological polar surface area (TPSA) is 66.2 Å². The first-order chi connectivity index (χ1) is 12.3. The third-order valence-electron chi connectivity index (χ3n) is 4.47. The van der Waals surface area contributed by atoms with Crippen molar-refractivity contribution in [2.24, 2.45) is 0 Å². The number of likely N-dealkylation sites (tertiary alicyclic amines) is 1. The Kier molecular flexibility index (Phi) is 5.01. The fraction of sp³-hybridized carbons (Fsp3) is 0.450. The van der Waals surface area contributed by atoms with E-state index < -0.39 is 11.0 Å². The summed E-state index contributed by atoms with van der Waals surface area (Å²) in [7, 11) is 0. The van der Waals surface area contributed by atoms with Gasteiger partial charge >= 0.3 is 6.09 Å². The largest absolute Gasteiger partial charge is 0.444 e. The zero-order chi connectivity index (χ0) is 18.8. The molecule has 0 atom stereocenters. The lowest BCUT2D eigenvalue weighted by molar-refractivity contribution is 0.0185. The molecule has 0 N–H and O–H groups in total. The summed E-state index contributed by atoms with van der Waals surface area (Å²) in [5.74, 6) is 0. The highest BCUT2D eigenvalue weighted by Gasteiger charge is 2.41. The van der Waals surface area contributed by atoms with E-state index in [1.54, 1.807) is 4.90 Å². The van der Waals surface area contributed by atoms with Crippen molar-refractivity contribution >= 4 is 17.4 Å². The molecule has 2 heterocycles. The summed E-state index contributed by atoms with van der Waals surface area (Å²) in [6.45, 7) is 6.57. The predicted octanol–water partition coefficient (Wildman–Crippen LogP) is 4.60.